The molecule has 0 saturated heterocycles. The standard InChI is InChI=1S/C4H7IO2/c1-2-6-7-4-3-5/h2H,1,3-4H2. The molecule has 0 aliphatic heterocycles. The van der Waals surface area contributed by atoms with Gasteiger partial charge in [-0.15, -0.1) is 0 Å². The van der Waals surface area contributed by atoms with Crippen LogP contribution in [-0.2, 0) is 9.78 Å². The Kier molecular flexibility index (Phi) is 6.43. The van der Waals surface area contributed by atoms with Crippen molar-refractivity contribution in [2.75, 3.05) is 11.0 Å². The van der Waals surface area contributed by atoms with E-state index in [4.69, 9.17) is 0 Å². The molecule has 0 aliphatic carbocycles. The summed E-state index contributed by atoms with van der Waals surface area (Å²) < 4.78 is 0.936. The summed E-state index contributed by atoms with van der Waals surface area (Å²) in [6.07, 6.45) is 1.26. The molecular weight excluding hydrogens is 207 g/mol. The molecule has 0 amide bonds. The Morgan fingerprint density at radius 2 is 2.43 bits per heavy atom. The van der Waals surface area contributed by atoms with Crippen molar-refractivity contribution in [3.05, 3.63) is 12.8 Å². The third-order valence-corrected chi connectivity index (χ3v) is 0.737. The second-order valence-electron chi connectivity index (χ2n) is 0.774. The van der Waals surface area contributed by atoms with Crippen LogP contribution < -0.4 is 0 Å². The quantitative estimate of drug-likeness (QED) is 0.176. The molecule has 7 heavy (non-hydrogen) atoms. The normalized spacial score (nSPS) is 8.14. The minimum absolute atomic E-state index is 0.618. The molecule has 0 atom stereocenters. The fraction of sp³-hybridized carbons (Fsp3) is 0.500. The molecule has 0 N–H and O–H groups in total. The summed E-state index contributed by atoms with van der Waals surface area (Å²) >= 11 is 2.19. The number of rotatable bonds is 4. The fourth-order valence-electron chi connectivity index (χ4n) is 0.128. The van der Waals surface area contributed by atoms with E-state index in [-0.39, 0.29) is 0 Å². The summed E-state index contributed by atoms with van der Waals surface area (Å²) in [5, 5.41) is 0. The lowest BCUT2D eigenvalue weighted by atomic mass is 10.9. The van der Waals surface area contributed by atoms with Gasteiger partial charge in [-0.1, -0.05) is 29.2 Å². The molecule has 0 aromatic rings. The monoisotopic (exact) mass is 214 g/mol. The van der Waals surface area contributed by atoms with Crippen molar-refractivity contribution >= 4 is 22.6 Å². The van der Waals surface area contributed by atoms with E-state index < -0.39 is 0 Å². The highest BCUT2D eigenvalue weighted by molar-refractivity contribution is 14.1. The Balaban J connectivity index is 2.56. The van der Waals surface area contributed by atoms with Gasteiger partial charge in [0.1, 0.15) is 12.9 Å². The molecule has 42 valence electrons. The largest absolute Gasteiger partial charge is 0.346 e. The van der Waals surface area contributed by atoms with Crippen LogP contribution in [0, 0.1) is 0 Å². The summed E-state index contributed by atoms with van der Waals surface area (Å²) in [7, 11) is 0. The first-order valence-corrected chi connectivity index (χ1v) is 3.39. The van der Waals surface area contributed by atoms with Gasteiger partial charge in [-0.3, -0.25) is 0 Å². The van der Waals surface area contributed by atoms with Gasteiger partial charge in [-0.05, 0) is 0 Å². The minimum Gasteiger partial charge on any atom is -0.346 e. The molecule has 0 bridgehead atoms. The molecule has 0 aromatic carbocycles. The molecule has 0 heterocycles. The van der Waals surface area contributed by atoms with E-state index in [0.29, 0.717) is 6.61 Å². The Hall–Kier alpha value is 0.230. The first-order chi connectivity index (χ1) is 3.41. The van der Waals surface area contributed by atoms with Gasteiger partial charge in [0, 0.05) is 4.43 Å². The van der Waals surface area contributed by atoms with Crippen molar-refractivity contribution in [3.8, 4) is 0 Å². The van der Waals surface area contributed by atoms with Gasteiger partial charge in [-0.2, -0.15) is 4.89 Å². The van der Waals surface area contributed by atoms with Gasteiger partial charge in [0.25, 0.3) is 0 Å². The summed E-state index contributed by atoms with van der Waals surface area (Å²) in [5.74, 6) is 0. The summed E-state index contributed by atoms with van der Waals surface area (Å²) in [4.78, 5) is 8.84. The van der Waals surface area contributed by atoms with Gasteiger partial charge >= 0.3 is 0 Å². The van der Waals surface area contributed by atoms with E-state index in [1.807, 2.05) is 0 Å². The zero-order valence-corrected chi connectivity index (χ0v) is 6.05. The maximum absolute atomic E-state index is 4.51. The molecular formula is C4H7IO2. The molecule has 0 spiro atoms. The molecule has 2 nitrogen and oxygen atoms in total. The lowest BCUT2D eigenvalue weighted by Gasteiger charge is -1.93. The molecule has 0 radical (unpaired) electrons. The first kappa shape index (κ1) is 7.23. The topological polar surface area (TPSA) is 18.5 Å². The third kappa shape index (κ3) is 6.23. The van der Waals surface area contributed by atoms with Crippen LogP contribution in [0.1, 0.15) is 0 Å². The van der Waals surface area contributed by atoms with Crippen molar-refractivity contribution in [3.63, 3.8) is 0 Å². The molecule has 0 aromatic heterocycles. The van der Waals surface area contributed by atoms with E-state index in [0.717, 1.165) is 4.43 Å². The fourth-order valence-corrected chi connectivity index (χ4v) is 0.308. The van der Waals surface area contributed by atoms with Crippen LogP contribution in [0.2, 0.25) is 0 Å². The average Bonchev–Trinajstić information content (AvgIpc) is 1.69. The predicted molar refractivity (Wildman–Crippen MR) is 36.1 cm³/mol. The summed E-state index contributed by atoms with van der Waals surface area (Å²) in [6.45, 7) is 3.90. The second kappa shape index (κ2) is 6.23. The minimum atomic E-state index is 0.618. The van der Waals surface area contributed by atoms with Crippen LogP contribution in [0.4, 0.5) is 0 Å². The van der Waals surface area contributed by atoms with Crippen LogP contribution >= 0.6 is 22.6 Å². The van der Waals surface area contributed by atoms with E-state index in [1.165, 1.54) is 6.26 Å². The van der Waals surface area contributed by atoms with Gasteiger partial charge in [0.05, 0.1) is 0 Å². The highest BCUT2D eigenvalue weighted by Crippen LogP contribution is 1.82. The van der Waals surface area contributed by atoms with Crippen LogP contribution in [0.25, 0.3) is 0 Å². The SMILES string of the molecule is C=COOCCI. The van der Waals surface area contributed by atoms with Gasteiger partial charge < -0.3 is 4.89 Å². The lowest BCUT2D eigenvalue weighted by Crippen LogP contribution is -1.90. The molecule has 0 aliphatic rings. The Labute approximate surface area is 56.6 Å². The van der Waals surface area contributed by atoms with Gasteiger partial charge in [0.2, 0.25) is 0 Å². The van der Waals surface area contributed by atoms with Crippen LogP contribution in [0.15, 0.2) is 12.8 Å². The van der Waals surface area contributed by atoms with Crippen LogP contribution in [-0.4, -0.2) is 11.0 Å². The number of halogens is 1. The smallest absolute Gasteiger partial charge is 0.122 e. The Morgan fingerprint density at radius 1 is 1.71 bits per heavy atom. The van der Waals surface area contributed by atoms with Gasteiger partial charge in [0.15, 0.2) is 0 Å². The van der Waals surface area contributed by atoms with Crippen molar-refractivity contribution < 1.29 is 9.78 Å². The zero-order valence-electron chi connectivity index (χ0n) is 3.89. The van der Waals surface area contributed by atoms with E-state index in [2.05, 4.69) is 38.9 Å². The summed E-state index contributed by atoms with van der Waals surface area (Å²) in [6, 6.07) is 0. The summed E-state index contributed by atoms with van der Waals surface area (Å²) in [5.41, 5.74) is 0. The highest BCUT2D eigenvalue weighted by Gasteiger charge is 1.76. The maximum Gasteiger partial charge on any atom is 0.122 e. The molecule has 0 saturated carbocycles. The number of hydrogen-bond donors (Lipinski definition) is 0. The van der Waals surface area contributed by atoms with E-state index in [1.54, 1.807) is 0 Å². The molecule has 3 heteroatoms. The van der Waals surface area contributed by atoms with Crippen molar-refractivity contribution in [1.29, 1.82) is 0 Å². The number of alkyl halides is 1. The maximum atomic E-state index is 4.51. The lowest BCUT2D eigenvalue weighted by molar-refractivity contribution is -0.242. The Bertz CT molecular complexity index is 47.0. The molecule has 0 fully saturated rings. The third-order valence-electron chi connectivity index (χ3n) is 0.297. The van der Waals surface area contributed by atoms with Crippen molar-refractivity contribution in [1.82, 2.24) is 0 Å². The zero-order chi connectivity index (χ0) is 5.54. The highest BCUT2D eigenvalue weighted by atomic mass is 127. The molecule has 0 unspecified atom stereocenters. The Morgan fingerprint density at radius 3 is 2.86 bits per heavy atom. The molecule has 0 rings (SSSR count). The van der Waals surface area contributed by atoms with Gasteiger partial charge in [-0.25, -0.2) is 0 Å². The van der Waals surface area contributed by atoms with E-state index in [9.17, 15) is 0 Å². The predicted octanol–water partition coefficient (Wildman–Crippen LogP) is 1.51. The van der Waals surface area contributed by atoms with Crippen molar-refractivity contribution in [2.24, 2.45) is 0 Å². The van der Waals surface area contributed by atoms with Crippen molar-refractivity contribution in [2.45, 2.75) is 0 Å². The second-order valence-corrected chi connectivity index (χ2v) is 1.85. The van der Waals surface area contributed by atoms with E-state index >= 15 is 0 Å². The van der Waals surface area contributed by atoms with Crippen LogP contribution in [0.5, 0.6) is 0 Å². The average molecular weight is 214 g/mol. The first-order valence-electron chi connectivity index (χ1n) is 1.87. The van der Waals surface area contributed by atoms with Crippen LogP contribution in [0.3, 0.4) is 0 Å². The number of hydrogen-bond acceptors (Lipinski definition) is 2.